The van der Waals surface area contributed by atoms with Crippen LogP contribution in [0.4, 0.5) is 0 Å². The van der Waals surface area contributed by atoms with Gasteiger partial charge in [-0.2, -0.15) is 0 Å². The molecule has 1 aromatic heterocycles. The third-order valence-corrected chi connectivity index (χ3v) is 5.94. The maximum atomic E-state index is 10.7. The molecule has 0 bridgehead atoms. The number of benzene rings is 1. The molecule has 0 spiro atoms. The Kier molecular flexibility index (Phi) is 6.88. The molecule has 3 atom stereocenters. The van der Waals surface area contributed by atoms with Crippen molar-refractivity contribution >= 4 is 17.3 Å². The summed E-state index contributed by atoms with van der Waals surface area (Å²) in [7, 11) is 0. The van der Waals surface area contributed by atoms with E-state index in [-0.39, 0.29) is 6.10 Å². The molecule has 5 nitrogen and oxygen atoms in total. The van der Waals surface area contributed by atoms with Gasteiger partial charge in [0.25, 0.3) is 0 Å². The fourth-order valence-corrected chi connectivity index (χ4v) is 4.10. The van der Waals surface area contributed by atoms with Crippen LogP contribution in [0.5, 0.6) is 0 Å². The zero-order chi connectivity index (χ0) is 19.1. The molecule has 0 radical (unpaired) electrons. The quantitative estimate of drug-likeness (QED) is 0.504. The lowest BCUT2D eigenvalue weighted by Gasteiger charge is -2.22. The Hall–Kier alpha value is -1.89. The summed E-state index contributed by atoms with van der Waals surface area (Å²) in [6, 6.07) is 14.3. The van der Waals surface area contributed by atoms with Crippen molar-refractivity contribution in [1.29, 1.82) is 0 Å². The Balaban J connectivity index is 1.61. The summed E-state index contributed by atoms with van der Waals surface area (Å²) in [6.45, 7) is 6.50. The number of ether oxygens (including phenoxy) is 1. The second-order valence-corrected chi connectivity index (χ2v) is 8.03. The predicted octanol–water partition coefficient (Wildman–Crippen LogP) is 3.29. The summed E-state index contributed by atoms with van der Waals surface area (Å²) in [5, 5.41) is 19.4. The van der Waals surface area contributed by atoms with Gasteiger partial charge in [-0.15, -0.1) is 11.3 Å². The normalized spacial score (nSPS) is 22.4. The van der Waals surface area contributed by atoms with Crippen molar-refractivity contribution in [3.63, 3.8) is 0 Å². The minimum Gasteiger partial charge on any atom is -0.383 e. The van der Waals surface area contributed by atoms with Gasteiger partial charge in [0.15, 0.2) is 5.96 Å². The van der Waals surface area contributed by atoms with Crippen LogP contribution in [0.15, 0.2) is 52.8 Å². The standard InChI is InChI=1S/C21H29N3O2S/c1-3-22-20(24-15-21(2,25)18-10-7-13-27-18)23-14-17-11-12-26-19(17)16-8-5-4-6-9-16/h4-10,13,17,19,25H,3,11-12,14-15H2,1-2H3,(H2,22,23,24). The summed E-state index contributed by atoms with van der Waals surface area (Å²) in [4.78, 5) is 5.54. The van der Waals surface area contributed by atoms with Crippen LogP contribution in [0, 0.1) is 5.92 Å². The molecule has 3 N–H and O–H groups in total. The van der Waals surface area contributed by atoms with Crippen LogP contribution < -0.4 is 10.6 Å². The van der Waals surface area contributed by atoms with E-state index in [1.807, 2.05) is 37.4 Å². The molecule has 0 aliphatic carbocycles. The highest BCUT2D eigenvalue weighted by atomic mass is 32.1. The van der Waals surface area contributed by atoms with Crippen LogP contribution in [-0.2, 0) is 10.3 Å². The van der Waals surface area contributed by atoms with Crippen molar-refractivity contribution < 1.29 is 9.84 Å². The monoisotopic (exact) mass is 387 g/mol. The van der Waals surface area contributed by atoms with Crippen molar-refractivity contribution in [3.8, 4) is 0 Å². The van der Waals surface area contributed by atoms with Gasteiger partial charge in [-0.05, 0) is 37.3 Å². The maximum absolute atomic E-state index is 10.7. The second-order valence-electron chi connectivity index (χ2n) is 7.08. The number of aliphatic hydroxyl groups is 1. The summed E-state index contributed by atoms with van der Waals surface area (Å²) in [5.74, 6) is 1.13. The summed E-state index contributed by atoms with van der Waals surface area (Å²) >= 11 is 1.55. The number of thiophene rings is 1. The summed E-state index contributed by atoms with van der Waals surface area (Å²) in [5.41, 5.74) is 0.267. The molecule has 1 fully saturated rings. The van der Waals surface area contributed by atoms with E-state index >= 15 is 0 Å². The first-order valence-corrected chi connectivity index (χ1v) is 10.4. The van der Waals surface area contributed by atoms with Crippen molar-refractivity contribution in [2.24, 2.45) is 10.9 Å². The van der Waals surface area contributed by atoms with Gasteiger partial charge < -0.3 is 20.5 Å². The largest absolute Gasteiger partial charge is 0.383 e. The average Bonchev–Trinajstić information content (AvgIpc) is 3.37. The molecule has 1 aliphatic rings. The number of aliphatic imine (C=N–C) groups is 1. The number of guanidine groups is 1. The van der Waals surface area contributed by atoms with Crippen molar-refractivity contribution in [1.82, 2.24) is 10.6 Å². The Labute approximate surface area is 165 Å². The Morgan fingerprint density at radius 2 is 2.07 bits per heavy atom. The van der Waals surface area contributed by atoms with Crippen LogP contribution in [0.3, 0.4) is 0 Å². The van der Waals surface area contributed by atoms with E-state index in [2.05, 4.69) is 39.9 Å². The molecular formula is C21H29N3O2S. The van der Waals surface area contributed by atoms with E-state index < -0.39 is 5.60 Å². The van der Waals surface area contributed by atoms with Gasteiger partial charge in [-0.1, -0.05) is 36.4 Å². The molecule has 0 amide bonds. The van der Waals surface area contributed by atoms with Crippen molar-refractivity contribution in [3.05, 3.63) is 58.3 Å². The number of hydrogen-bond donors (Lipinski definition) is 3. The zero-order valence-electron chi connectivity index (χ0n) is 16.0. The molecule has 3 unspecified atom stereocenters. The number of hydrogen-bond acceptors (Lipinski definition) is 4. The lowest BCUT2D eigenvalue weighted by atomic mass is 9.95. The molecule has 1 aliphatic heterocycles. The molecule has 1 saturated heterocycles. The van der Waals surface area contributed by atoms with Gasteiger partial charge in [-0.25, -0.2) is 4.99 Å². The highest BCUT2D eigenvalue weighted by molar-refractivity contribution is 7.10. The van der Waals surface area contributed by atoms with Gasteiger partial charge in [0.1, 0.15) is 5.60 Å². The molecule has 3 rings (SSSR count). The van der Waals surface area contributed by atoms with Crippen molar-refractivity contribution in [2.45, 2.75) is 32.0 Å². The molecule has 27 heavy (non-hydrogen) atoms. The Bertz CT molecular complexity index is 716. The molecule has 0 saturated carbocycles. The predicted molar refractivity (Wildman–Crippen MR) is 111 cm³/mol. The molecule has 6 heteroatoms. The smallest absolute Gasteiger partial charge is 0.191 e. The molecule has 146 valence electrons. The zero-order valence-corrected chi connectivity index (χ0v) is 16.8. The van der Waals surface area contributed by atoms with Gasteiger partial charge in [0.2, 0.25) is 0 Å². The fraction of sp³-hybridized carbons (Fsp3) is 0.476. The molecular weight excluding hydrogens is 358 g/mol. The fourth-order valence-electron chi connectivity index (χ4n) is 3.32. The highest BCUT2D eigenvalue weighted by Gasteiger charge is 2.29. The van der Waals surface area contributed by atoms with E-state index in [1.54, 1.807) is 11.3 Å². The third-order valence-electron chi connectivity index (χ3n) is 4.82. The Morgan fingerprint density at radius 3 is 2.78 bits per heavy atom. The molecule has 1 aromatic carbocycles. The maximum Gasteiger partial charge on any atom is 0.191 e. The van der Waals surface area contributed by atoms with E-state index in [4.69, 9.17) is 4.74 Å². The van der Waals surface area contributed by atoms with Gasteiger partial charge in [0, 0.05) is 30.5 Å². The van der Waals surface area contributed by atoms with E-state index in [0.29, 0.717) is 12.5 Å². The minimum absolute atomic E-state index is 0.121. The van der Waals surface area contributed by atoms with E-state index in [1.165, 1.54) is 5.56 Å². The number of nitrogens with zero attached hydrogens (tertiary/aromatic N) is 1. The minimum atomic E-state index is -0.959. The molecule has 2 heterocycles. The first kappa shape index (κ1) is 19.9. The Morgan fingerprint density at radius 1 is 1.26 bits per heavy atom. The van der Waals surface area contributed by atoms with Crippen LogP contribution in [-0.4, -0.2) is 37.3 Å². The first-order chi connectivity index (χ1) is 13.1. The molecule has 2 aromatic rings. The van der Waals surface area contributed by atoms with Crippen LogP contribution in [0.2, 0.25) is 0 Å². The van der Waals surface area contributed by atoms with Gasteiger partial charge in [-0.3, -0.25) is 0 Å². The summed E-state index contributed by atoms with van der Waals surface area (Å²) < 4.78 is 5.97. The van der Waals surface area contributed by atoms with Crippen molar-refractivity contribution in [2.75, 3.05) is 26.2 Å². The third kappa shape index (κ3) is 5.31. The summed E-state index contributed by atoms with van der Waals surface area (Å²) in [6.07, 6.45) is 1.15. The van der Waals surface area contributed by atoms with Crippen LogP contribution in [0.25, 0.3) is 0 Å². The van der Waals surface area contributed by atoms with Crippen LogP contribution in [0.1, 0.15) is 36.8 Å². The second kappa shape index (κ2) is 9.35. The first-order valence-electron chi connectivity index (χ1n) is 9.55. The van der Waals surface area contributed by atoms with E-state index in [0.717, 1.165) is 37.0 Å². The number of rotatable bonds is 7. The van der Waals surface area contributed by atoms with E-state index in [9.17, 15) is 5.11 Å². The lowest BCUT2D eigenvalue weighted by Crippen LogP contribution is -2.41. The van der Waals surface area contributed by atoms with Gasteiger partial charge >= 0.3 is 0 Å². The SMILES string of the molecule is CCNC(=NCC(C)(O)c1cccs1)NCC1CCOC1c1ccccc1. The topological polar surface area (TPSA) is 65.9 Å². The average molecular weight is 388 g/mol. The highest BCUT2D eigenvalue weighted by Crippen LogP contribution is 2.33. The van der Waals surface area contributed by atoms with Gasteiger partial charge in [0.05, 0.1) is 12.6 Å². The lowest BCUT2D eigenvalue weighted by molar-refractivity contribution is 0.0710. The van der Waals surface area contributed by atoms with Crippen LogP contribution >= 0.6 is 11.3 Å². The number of nitrogens with one attached hydrogen (secondary N) is 2.